The second-order valence-corrected chi connectivity index (χ2v) is 3.52. The summed E-state index contributed by atoms with van der Waals surface area (Å²) in [5.41, 5.74) is 7.83. The van der Waals surface area contributed by atoms with Crippen LogP contribution in [0.2, 0.25) is 0 Å². The molecule has 0 aliphatic carbocycles. The monoisotopic (exact) mass is 231 g/mol. The van der Waals surface area contributed by atoms with Gasteiger partial charge in [0.25, 0.3) is 0 Å². The van der Waals surface area contributed by atoms with Gasteiger partial charge in [0, 0.05) is 7.05 Å². The van der Waals surface area contributed by atoms with Crippen molar-refractivity contribution in [3.63, 3.8) is 0 Å². The highest BCUT2D eigenvalue weighted by Crippen LogP contribution is 2.30. The van der Waals surface area contributed by atoms with Crippen LogP contribution in [0.4, 0.5) is 11.4 Å². The van der Waals surface area contributed by atoms with Gasteiger partial charge in [0.15, 0.2) is 0 Å². The Bertz CT molecular complexity index is 481. The lowest BCUT2D eigenvalue weighted by Gasteiger charge is -2.24. The average Bonchev–Trinajstić information content (AvgIpc) is 2.35. The first kappa shape index (κ1) is 11.1. The second kappa shape index (κ2) is 5.11. The van der Waals surface area contributed by atoms with Crippen molar-refractivity contribution in [1.29, 1.82) is 0 Å². The van der Waals surface area contributed by atoms with Gasteiger partial charge >= 0.3 is 0 Å². The van der Waals surface area contributed by atoms with E-state index < -0.39 is 0 Å². The molecule has 0 atom stereocenters. The fraction of sp³-hybridized carbons (Fsp3) is 0.182. The molecule has 1 aliphatic heterocycles. The third kappa shape index (κ3) is 2.60. The van der Waals surface area contributed by atoms with Crippen LogP contribution in [0.3, 0.4) is 0 Å². The van der Waals surface area contributed by atoms with Crippen LogP contribution in [0.5, 0.6) is 0 Å². The normalized spacial score (nSPS) is 15.1. The van der Waals surface area contributed by atoms with Crippen molar-refractivity contribution in [2.45, 2.75) is 0 Å². The number of oxime groups is 2. The summed E-state index contributed by atoms with van der Waals surface area (Å²) in [5, 5.41) is 6.94. The molecule has 6 heteroatoms. The van der Waals surface area contributed by atoms with E-state index in [0.29, 0.717) is 6.54 Å². The minimum atomic E-state index is 0.677. The molecule has 0 spiro atoms. The molecule has 0 unspecified atom stereocenters. The average molecular weight is 231 g/mol. The lowest BCUT2D eigenvalue weighted by Crippen LogP contribution is -2.29. The zero-order valence-electron chi connectivity index (χ0n) is 9.45. The Balaban J connectivity index is 2.17. The van der Waals surface area contributed by atoms with Gasteiger partial charge in [-0.05, 0) is 17.3 Å². The summed E-state index contributed by atoms with van der Waals surface area (Å²) in [7, 11) is 2.00. The van der Waals surface area contributed by atoms with Gasteiger partial charge in [0.05, 0.1) is 29.8 Å². The first-order valence-electron chi connectivity index (χ1n) is 5.12. The lowest BCUT2D eigenvalue weighted by atomic mass is 10.2. The quantitative estimate of drug-likeness (QED) is 0.481. The molecule has 88 valence electrons. The van der Waals surface area contributed by atoms with Gasteiger partial charge in [0.2, 0.25) is 0 Å². The van der Waals surface area contributed by atoms with Crippen LogP contribution >= 0.6 is 0 Å². The van der Waals surface area contributed by atoms with Gasteiger partial charge in [-0.25, -0.2) is 9.93 Å². The van der Waals surface area contributed by atoms with Crippen molar-refractivity contribution in [3.05, 3.63) is 24.3 Å². The maximum Gasteiger partial charge on any atom is 0.129 e. The van der Waals surface area contributed by atoms with E-state index in [1.54, 1.807) is 0 Å². The molecule has 1 aromatic rings. The molecule has 2 rings (SSSR count). The van der Waals surface area contributed by atoms with Crippen LogP contribution in [0.25, 0.3) is 0 Å². The Hall–Kier alpha value is -2.37. The highest BCUT2D eigenvalue weighted by atomic mass is 16.8. The molecule has 1 aromatic carbocycles. The minimum Gasteiger partial charge on any atom is -0.387 e. The molecular weight excluding hydrogens is 218 g/mol. The summed E-state index contributed by atoms with van der Waals surface area (Å²) in [6.45, 7) is 0.677. The maximum absolute atomic E-state index is 5.00. The molecule has 17 heavy (non-hydrogen) atoms. The Morgan fingerprint density at radius 2 is 2.24 bits per heavy atom. The largest absolute Gasteiger partial charge is 0.387 e. The molecule has 0 saturated carbocycles. The van der Waals surface area contributed by atoms with E-state index >= 15 is 0 Å². The number of hydrogen-bond donors (Lipinski definition) is 1. The van der Waals surface area contributed by atoms with E-state index in [9.17, 15) is 0 Å². The van der Waals surface area contributed by atoms with E-state index in [4.69, 9.17) is 5.73 Å². The van der Waals surface area contributed by atoms with Gasteiger partial charge in [-0.1, -0.05) is 17.3 Å². The fourth-order valence-electron chi connectivity index (χ4n) is 1.61. The third-order valence-electron chi connectivity index (χ3n) is 2.31. The van der Waals surface area contributed by atoms with Crippen molar-refractivity contribution in [1.82, 2.24) is 0 Å². The Labute approximate surface area is 99.1 Å². The maximum atomic E-state index is 5.00. The molecule has 6 nitrogen and oxygen atoms in total. The van der Waals surface area contributed by atoms with Gasteiger partial charge in [-0.3, -0.25) is 0 Å². The predicted octanol–water partition coefficient (Wildman–Crippen LogP) is 1.11. The van der Waals surface area contributed by atoms with E-state index in [0.717, 1.165) is 23.4 Å². The number of rotatable bonds is 3. The van der Waals surface area contributed by atoms with Crippen LogP contribution < -0.4 is 10.6 Å². The van der Waals surface area contributed by atoms with Crippen LogP contribution in [-0.2, 0) is 4.94 Å². The smallest absolute Gasteiger partial charge is 0.129 e. The van der Waals surface area contributed by atoms with E-state index in [-0.39, 0.29) is 0 Å². The molecule has 0 bridgehead atoms. The number of para-hydroxylation sites is 2. The van der Waals surface area contributed by atoms with Crippen LogP contribution in [-0.4, -0.2) is 31.9 Å². The second-order valence-electron chi connectivity index (χ2n) is 3.52. The molecule has 2 N–H and O–H groups in total. The SMILES string of the molecule is CN1CC(/C=N/O/N=C/N)=Nc2ccccc21. The number of aliphatic imine (C=N–C) groups is 1. The van der Waals surface area contributed by atoms with E-state index in [1.165, 1.54) is 6.21 Å². The zero-order valence-corrected chi connectivity index (χ0v) is 9.45. The third-order valence-corrected chi connectivity index (χ3v) is 2.31. The fourth-order valence-corrected chi connectivity index (χ4v) is 1.61. The van der Waals surface area contributed by atoms with Crippen molar-refractivity contribution in [3.8, 4) is 0 Å². The molecule has 0 radical (unpaired) electrons. The highest BCUT2D eigenvalue weighted by Gasteiger charge is 2.14. The lowest BCUT2D eigenvalue weighted by molar-refractivity contribution is 0.159. The van der Waals surface area contributed by atoms with Crippen LogP contribution in [0.1, 0.15) is 0 Å². The summed E-state index contributed by atoms with van der Waals surface area (Å²) < 4.78 is 0. The summed E-state index contributed by atoms with van der Waals surface area (Å²) in [5.74, 6) is 0. The van der Waals surface area contributed by atoms with Crippen molar-refractivity contribution in [2.24, 2.45) is 21.0 Å². The molecule has 0 fully saturated rings. The van der Waals surface area contributed by atoms with Crippen molar-refractivity contribution >= 4 is 29.6 Å². The number of nitrogens with zero attached hydrogens (tertiary/aromatic N) is 4. The van der Waals surface area contributed by atoms with E-state index in [1.807, 2.05) is 31.3 Å². The minimum absolute atomic E-state index is 0.677. The number of fused-ring (bicyclic) bond motifs is 1. The molecule has 0 aromatic heterocycles. The van der Waals surface area contributed by atoms with Crippen molar-refractivity contribution < 1.29 is 4.94 Å². The number of benzene rings is 1. The van der Waals surface area contributed by atoms with Gasteiger partial charge in [-0.2, -0.15) is 0 Å². The molecule has 1 aliphatic rings. The number of hydrogen-bond acceptors (Lipinski definition) is 5. The van der Waals surface area contributed by atoms with Gasteiger partial charge < -0.3 is 10.6 Å². The standard InChI is InChI=1S/C11H13N5O/c1-16-7-9(6-13-17-14-8-12)15-10-4-2-3-5-11(10)16/h2-6,8H,7H2,1H3,(H2,12,14)/b13-6+. The summed E-state index contributed by atoms with van der Waals surface area (Å²) >= 11 is 0. The zero-order chi connectivity index (χ0) is 12.1. The molecule has 0 saturated heterocycles. The Morgan fingerprint density at radius 1 is 1.41 bits per heavy atom. The predicted molar refractivity (Wildman–Crippen MR) is 69.1 cm³/mol. The van der Waals surface area contributed by atoms with Crippen LogP contribution in [0, 0.1) is 0 Å². The highest BCUT2D eigenvalue weighted by molar-refractivity contribution is 6.33. The first-order valence-corrected chi connectivity index (χ1v) is 5.12. The molecular formula is C11H13N5O. The first-order chi connectivity index (χ1) is 8.31. The Morgan fingerprint density at radius 3 is 3.06 bits per heavy atom. The van der Waals surface area contributed by atoms with Crippen LogP contribution in [0.15, 0.2) is 39.6 Å². The van der Waals surface area contributed by atoms with E-state index in [2.05, 4.69) is 25.1 Å². The summed E-state index contributed by atoms with van der Waals surface area (Å²) in [6, 6.07) is 7.92. The molecule has 0 amide bonds. The van der Waals surface area contributed by atoms with Crippen molar-refractivity contribution in [2.75, 3.05) is 18.5 Å². The summed E-state index contributed by atoms with van der Waals surface area (Å²) in [6.07, 6.45) is 2.56. The summed E-state index contributed by atoms with van der Waals surface area (Å²) in [4.78, 5) is 11.1. The van der Waals surface area contributed by atoms with Gasteiger partial charge in [-0.15, -0.1) is 0 Å². The Kier molecular flexibility index (Phi) is 3.34. The molecule has 1 heterocycles. The number of anilines is 1. The van der Waals surface area contributed by atoms with Gasteiger partial charge in [0.1, 0.15) is 6.34 Å². The number of nitrogens with two attached hydrogens (primary N) is 1. The topological polar surface area (TPSA) is 75.6 Å².